The van der Waals surface area contributed by atoms with Crippen LogP contribution in [0.5, 0.6) is 0 Å². The Morgan fingerprint density at radius 3 is 2.88 bits per heavy atom. The summed E-state index contributed by atoms with van der Waals surface area (Å²) in [6, 6.07) is 15.9. The molecule has 5 rings (SSSR count). The molecule has 2 atom stereocenters. The molecule has 2 heterocycles. The first-order chi connectivity index (χ1) is 15.5. The predicted octanol–water partition coefficient (Wildman–Crippen LogP) is 7.09. The second kappa shape index (κ2) is 8.93. The number of nitrogens with one attached hydrogen (secondary N) is 2. The van der Waals surface area contributed by atoms with Crippen molar-refractivity contribution in [3.05, 3.63) is 80.2 Å². The number of hydrogen-bond donors (Lipinski definition) is 2. The Morgan fingerprint density at radius 2 is 2.06 bits per heavy atom. The molecule has 0 spiro atoms. The number of thiophene rings is 1. The molecule has 4 aromatic rings. The Balaban J connectivity index is 1.46. The van der Waals surface area contributed by atoms with E-state index in [0.29, 0.717) is 16.8 Å². The topological polar surface area (TPSA) is 57.8 Å². The van der Waals surface area contributed by atoms with E-state index in [9.17, 15) is 4.79 Å². The summed E-state index contributed by atoms with van der Waals surface area (Å²) in [5, 5.41) is 4.96. The van der Waals surface area contributed by atoms with E-state index in [1.54, 1.807) is 23.1 Å². The Bertz CT molecular complexity index is 1330. The number of benzene rings is 2. The van der Waals surface area contributed by atoms with E-state index >= 15 is 0 Å². The van der Waals surface area contributed by atoms with Gasteiger partial charge in [0.1, 0.15) is 10.7 Å². The van der Waals surface area contributed by atoms with Crippen LogP contribution in [0.4, 0.5) is 5.69 Å². The fourth-order valence-corrected chi connectivity index (χ4v) is 6.67. The molecular formula is C25H24ClN3OS2. The fourth-order valence-electron chi connectivity index (χ4n) is 4.19. The van der Waals surface area contributed by atoms with Gasteiger partial charge >= 0.3 is 0 Å². The number of halogens is 1. The second-order valence-electron chi connectivity index (χ2n) is 8.40. The van der Waals surface area contributed by atoms with E-state index in [-0.39, 0.29) is 11.6 Å². The molecule has 0 aliphatic heterocycles. The highest BCUT2D eigenvalue weighted by molar-refractivity contribution is 7.99. The van der Waals surface area contributed by atoms with Crippen LogP contribution in [-0.2, 0) is 12.8 Å². The summed E-state index contributed by atoms with van der Waals surface area (Å²) >= 11 is 9.65. The molecule has 7 heteroatoms. The minimum atomic E-state index is -0.182. The number of anilines is 1. The first-order valence-corrected chi connectivity index (χ1v) is 12.8. The molecule has 4 nitrogen and oxygen atoms in total. The van der Waals surface area contributed by atoms with Crippen molar-refractivity contribution in [1.29, 1.82) is 0 Å². The summed E-state index contributed by atoms with van der Waals surface area (Å²) in [7, 11) is 0. The molecule has 0 bridgehead atoms. The number of rotatable bonds is 5. The number of aromatic nitrogens is 2. The first-order valence-electron chi connectivity index (χ1n) is 10.8. The molecule has 0 fully saturated rings. The zero-order valence-electron chi connectivity index (χ0n) is 17.9. The number of nitrogens with zero attached hydrogens (tertiary/aromatic N) is 1. The highest BCUT2D eigenvalue weighted by Crippen LogP contribution is 2.38. The minimum Gasteiger partial charge on any atom is -0.374 e. The quantitative estimate of drug-likeness (QED) is 0.319. The largest absolute Gasteiger partial charge is 0.374 e. The number of H-pyrrole nitrogens is 1. The number of aromatic amines is 1. The lowest BCUT2D eigenvalue weighted by Gasteiger charge is -2.18. The van der Waals surface area contributed by atoms with Gasteiger partial charge in [0.2, 0.25) is 0 Å². The summed E-state index contributed by atoms with van der Waals surface area (Å²) in [6.07, 6.45) is 3.15. The molecule has 2 N–H and O–H groups in total. The summed E-state index contributed by atoms with van der Waals surface area (Å²) < 4.78 is 0. The van der Waals surface area contributed by atoms with Gasteiger partial charge in [-0.25, -0.2) is 4.98 Å². The average molecular weight is 482 g/mol. The molecule has 164 valence electrons. The van der Waals surface area contributed by atoms with Gasteiger partial charge in [-0.2, -0.15) is 0 Å². The maximum atomic E-state index is 13.0. The highest BCUT2D eigenvalue weighted by Gasteiger charge is 2.24. The maximum absolute atomic E-state index is 13.0. The molecule has 0 radical (unpaired) electrons. The van der Waals surface area contributed by atoms with Crippen LogP contribution >= 0.6 is 34.7 Å². The molecule has 1 aliphatic carbocycles. The first kappa shape index (κ1) is 21.6. The van der Waals surface area contributed by atoms with Gasteiger partial charge in [0.05, 0.1) is 17.1 Å². The lowest BCUT2D eigenvalue weighted by atomic mass is 9.89. The van der Waals surface area contributed by atoms with E-state index in [4.69, 9.17) is 16.6 Å². The second-order valence-corrected chi connectivity index (χ2v) is 11.0. The van der Waals surface area contributed by atoms with Crippen molar-refractivity contribution in [2.24, 2.45) is 5.92 Å². The van der Waals surface area contributed by atoms with Gasteiger partial charge in [-0.1, -0.05) is 48.5 Å². The van der Waals surface area contributed by atoms with Crippen molar-refractivity contribution in [3.8, 4) is 0 Å². The smallest absolute Gasteiger partial charge is 0.259 e. The molecule has 2 aromatic heterocycles. The van der Waals surface area contributed by atoms with Crippen molar-refractivity contribution >= 4 is 50.6 Å². The van der Waals surface area contributed by atoms with Gasteiger partial charge in [0.25, 0.3) is 5.56 Å². The van der Waals surface area contributed by atoms with Crippen molar-refractivity contribution in [3.63, 3.8) is 0 Å². The van der Waals surface area contributed by atoms with E-state index in [0.717, 1.165) is 45.0 Å². The predicted molar refractivity (Wildman–Crippen MR) is 135 cm³/mol. The molecule has 2 unspecified atom stereocenters. The van der Waals surface area contributed by atoms with Gasteiger partial charge in [-0.15, -0.1) is 11.3 Å². The lowest BCUT2D eigenvalue weighted by Crippen LogP contribution is -2.18. The Labute approximate surface area is 200 Å². The molecule has 1 aliphatic rings. The highest BCUT2D eigenvalue weighted by atomic mass is 35.5. The van der Waals surface area contributed by atoms with E-state index < -0.39 is 0 Å². The van der Waals surface area contributed by atoms with Gasteiger partial charge in [0, 0.05) is 19.7 Å². The summed E-state index contributed by atoms with van der Waals surface area (Å²) in [5.41, 5.74) is 2.09. The van der Waals surface area contributed by atoms with Crippen molar-refractivity contribution in [2.75, 3.05) is 5.32 Å². The van der Waals surface area contributed by atoms with E-state index in [2.05, 4.69) is 29.4 Å². The van der Waals surface area contributed by atoms with Crippen molar-refractivity contribution in [2.45, 2.75) is 48.9 Å². The van der Waals surface area contributed by atoms with Crippen LogP contribution in [0.2, 0.25) is 5.02 Å². The normalized spacial score (nSPS) is 16.7. The third-order valence-corrected chi connectivity index (χ3v) is 8.35. The molecule has 0 amide bonds. The summed E-state index contributed by atoms with van der Waals surface area (Å²) in [4.78, 5) is 25.3. The SMILES string of the molecule is CC1CCc2c(sc3nc(C(C)Nc4cc(Cl)ccc4Sc4ccccc4)[nH]c(=O)c23)C1. The van der Waals surface area contributed by atoms with Gasteiger partial charge < -0.3 is 10.3 Å². The standard InChI is InChI=1S/C25H24ClN3OS2/c1-14-8-10-18-21(12-14)32-25-22(18)24(30)28-23(29-25)15(2)27-19-13-16(26)9-11-20(19)31-17-6-4-3-5-7-17/h3-7,9,11,13-15,27H,8,10,12H2,1-2H3,(H,28,29,30). The fraction of sp³-hybridized carbons (Fsp3) is 0.280. The zero-order valence-corrected chi connectivity index (χ0v) is 20.3. The van der Waals surface area contributed by atoms with Crippen LogP contribution in [0.3, 0.4) is 0 Å². The van der Waals surface area contributed by atoms with Crippen LogP contribution in [0.25, 0.3) is 10.2 Å². The summed E-state index contributed by atoms with van der Waals surface area (Å²) in [5.74, 6) is 1.31. The molecule has 32 heavy (non-hydrogen) atoms. The zero-order chi connectivity index (χ0) is 22.2. The van der Waals surface area contributed by atoms with Crippen LogP contribution in [0.15, 0.2) is 63.1 Å². The average Bonchev–Trinajstić information content (AvgIpc) is 3.14. The molecule has 2 aromatic carbocycles. The Kier molecular flexibility index (Phi) is 6.01. The van der Waals surface area contributed by atoms with Crippen molar-refractivity contribution in [1.82, 2.24) is 9.97 Å². The van der Waals surface area contributed by atoms with Gasteiger partial charge in [-0.3, -0.25) is 4.79 Å². The van der Waals surface area contributed by atoms with Gasteiger partial charge in [0.15, 0.2) is 0 Å². The van der Waals surface area contributed by atoms with Gasteiger partial charge in [-0.05, 0) is 68.0 Å². The molecule has 0 saturated carbocycles. The Hall–Kier alpha value is -2.28. The van der Waals surface area contributed by atoms with Crippen LogP contribution in [0.1, 0.15) is 42.6 Å². The minimum absolute atomic E-state index is 0.0318. The molecular weight excluding hydrogens is 458 g/mol. The Morgan fingerprint density at radius 1 is 1.25 bits per heavy atom. The third-order valence-electron chi connectivity index (χ3n) is 5.88. The van der Waals surface area contributed by atoms with E-state index in [1.165, 1.54) is 10.4 Å². The third kappa shape index (κ3) is 4.32. The van der Waals surface area contributed by atoms with Crippen LogP contribution in [0, 0.1) is 5.92 Å². The number of fused-ring (bicyclic) bond motifs is 3. The number of hydrogen-bond acceptors (Lipinski definition) is 5. The van der Waals surface area contributed by atoms with Crippen molar-refractivity contribution < 1.29 is 0 Å². The monoisotopic (exact) mass is 481 g/mol. The van der Waals surface area contributed by atoms with Crippen LogP contribution in [-0.4, -0.2) is 9.97 Å². The number of aryl methyl sites for hydroxylation is 1. The van der Waals surface area contributed by atoms with E-state index in [1.807, 2.05) is 43.3 Å². The summed E-state index contributed by atoms with van der Waals surface area (Å²) in [6.45, 7) is 4.29. The van der Waals surface area contributed by atoms with Crippen LogP contribution < -0.4 is 10.9 Å². The lowest BCUT2D eigenvalue weighted by molar-refractivity contribution is 0.509. The maximum Gasteiger partial charge on any atom is 0.259 e. The molecule has 0 saturated heterocycles.